The van der Waals surface area contributed by atoms with Gasteiger partial charge in [0, 0.05) is 24.7 Å². The highest BCUT2D eigenvalue weighted by atomic mass is 17.3. The van der Waals surface area contributed by atoms with Crippen LogP contribution >= 0.6 is 0 Å². The Kier molecular flexibility index (Phi) is 9.55. The van der Waals surface area contributed by atoms with Crippen molar-refractivity contribution in [1.29, 1.82) is 0 Å². The van der Waals surface area contributed by atoms with Crippen molar-refractivity contribution >= 4 is 5.97 Å². The summed E-state index contributed by atoms with van der Waals surface area (Å²) in [6, 6.07) is 0. The summed E-state index contributed by atoms with van der Waals surface area (Å²) in [5.41, 5.74) is -0.132. The number of aliphatic carboxylic acids is 1. The lowest BCUT2D eigenvalue weighted by Crippen LogP contribution is -2.70. The Bertz CT molecular complexity index is 1260. The van der Waals surface area contributed by atoms with Crippen molar-refractivity contribution in [2.45, 2.75) is 168 Å². The van der Waals surface area contributed by atoms with Gasteiger partial charge in [0.15, 0.2) is 18.2 Å². The maximum atomic E-state index is 11.5. The molecule has 4 saturated heterocycles. The quantitative estimate of drug-likeness (QED) is 0.184. The van der Waals surface area contributed by atoms with Crippen LogP contribution in [0, 0.1) is 70.0 Å². The zero-order valence-electron chi connectivity index (χ0n) is 31.6. The predicted molar refractivity (Wildman–Crippen MR) is 185 cm³/mol. The minimum absolute atomic E-state index is 0.136. The van der Waals surface area contributed by atoms with Gasteiger partial charge in [0.05, 0.1) is 25.4 Å². The average Bonchev–Trinajstić information content (AvgIpc) is 3.27. The standard InChI is InChI=1S/C41H66O9/c1-23(8-12-34(43)44)28-10-11-31-35-32(14-17-39(28,31)5)38(4)16-13-27(42)21-26(38)22-33(35)45-19-20-46-36-25(3)30-9-7-24(2)29-15-18-40(6)48-37(47-36)41(29,30)50-49-40/h23-33,35-37,42H,7-22H2,1-6H3,(H,43,44)/t23-,24-,25-,26?,27-,28-,29?,30?,31?,32?,33+,35?,36?,37?,38+,39-,40?,41-/m1/s1. The van der Waals surface area contributed by atoms with E-state index in [0.717, 1.165) is 51.4 Å². The topological polar surface area (TPSA) is 113 Å². The molecular weight excluding hydrogens is 636 g/mol. The molecule has 0 aromatic rings. The third kappa shape index (κ3) is 5.68. The molecule has 0 aromatic carbocycles. The Morgan fingerprint density at radius 3 is 2.36 bits per heavy atom. The summed E-state index contributed by atoms with van der Waals surface area (Å²) in [4.78, 5) is 23.8. The monoisotopic (exact) mass is 702 g/mol. The molecule has 4 heterocycles. The zero-order valence-corrected chi connectivity index (χ0v) is 31.6. The van der Waals surface area contributed by atoms with Crippen molar-refractivity contribution in [3.8, 4) is 0 Å². The Hall–Kier alpha value is -0.810. The molecule has 5 saturated carbocycles. The number of carbonyl (C=O) groups is 1. The number of aliphatic hydroxyl groups excluding tert-OH is 1. The summed E-state index contributed by atoms with van der Waals surface area (Å²) in [6.07, 6.45) is 12.8. The number of carboxylic acids is 1. The first kappa shape index (κ1) is 36.2. The molecule has 9 fully saturated rings. The van der Waals surface area contributed by atoms with E-state index in [1.165, 1.54) is 32.1 Å². The molecule has 2 N–H and O–H groups in total. The van der Waals surface area contributed by atoms with Crippen molar-refractivity contribution in [3.63, 3.8) is 0 Å². The number of aliphatic hydroxyl groups is 1. The minimum Gasteiger partial charge on any atom is -0.481 e. The number of hydrogen-bond donors (Lipinski definition) is 2. The Balaban J connectivity index is 0.967. The van der Waals surface area contributed by atoms with Crippen molar-refractivity contribution in [3.05, 3.63) is 0 Å². The fourth-order valence-corrected chi connectivity index (χ4v) is 14.3. The van der Waals surface area contributed by atoms with Crippen LogP contribution in [-0.2, 0) is 33.5 Å². The van der Waals surface area contributed by atoms with Crippen LogP contribution in [0.4, 0.5) is 0 Å². The van der Waals surface area contributed by atoms with Gasteiger partial charge in [-0.2, -0.15) is 0 Å². The summed E-state index contributed by atoms with van der Waals surface area (Å²) in [5, 5.41) is 20.2. The number of ether oxygens (including phenoxy) is 4. The van der Waals surface area contributed by atoms with E-state index in [9.17, 15) is 15.0 Å². The molecule has 2 bridgehead atoms. The van der Waals surface area contributed by atoms with Gasteiger partial charge in [0.25, 0.3) is 0 Å². The molecule has 18 atom stereocenters. The molecule has 50 heavy (non-hydrogen) atoms. The molecular formula is C41H66O9. The molecule has 9 rings (SSSR count). The van der Waals surface area contributed by atoms with Crippen LogP contribution in [0.25, 0.3) is 0 Å². The highest BCUT2D eigenvalue weighted by molar-refractivity contribution is 5.66. The van der Waals surface area contributed by atoms with E-state index in [1.54, 1.807) is 0 Å². The van der Waals surface area contributed by atoms with Crippen LogP contribution in [0.3, 0.4) is 0 Å². The lowest BCUT2D eigenvalue weighted by molar-refractivity contribution is -0.577. The Morgan fingerprint density at radius 2 is 1.56 bits per heavy atom. The van der Waals surface area contributed by atoms with Gasteiger partial charge in [-0.1, -0.05) is 34.6 Å². The molecule has 9 nitrogen and oxygen atoms in total. The molecule has 4 aliphatic heterocycles. The summed E-state index contributed by atoms with van der Waals surface area (Å²) in [7, 11) is 0. The average molecular weight is 703 g/mol. The van der Waals surface area contributed by atoms with Gasteiger partial charge >= 0.3 is 5.97 Å². The van der Waals surface area contributed by atoms with Crippen molar-refractivity contribution in [1.82, 2.24) is 0 Å². The first-order valence-electron chi connectivity index (χ1n) is 20.6. The van der Waals surface area contributed by atoms with Crippen LogP contribution < -0.4 is 0 Å². The van der Waals surface area contributed by atoms with Gasteiger partial charge in [0.1, 0.15) is 0 Å². The van der Waals surface area contributed by atoms with E-state index in [2.05, 4.69) is 34.6 Å². The SMILES string of the molecule is C[C@H]1C(OCCO[C@H]2CC3C[C@H](O)CC[C@]3(C)C3CC[C@@]4(C)C(CC[C@@H]4[C@H](C)CCC(=O)O)C32)OC2OC3(C)CCC4[C@H](C)CCC1[C@@]24OO3. The van der Waals surface area contributed by atoms with E-state index in [-0.39, 0.29) is 41.3 Å². The summed E-state index contributed by atoms with van der Waals surface area (Å²) < 4.78 is 26.9. The second kappa shape index (κ2) is 13.2. The fraction of sp³-hybridized carbons (Fsp3) is 0.976. The number of fused-ring (bicyclic) bond motifs is 7. The van der Waals surface area contributed by atoms with Gasteiger partial charge in [-0.15, -0.1) is 0 Å². The van der Waals surface area contributed by atoms with E-state index in [4.69, 9.17) is 28.7 Å². The summed E-state index contributed by atoms with van der Waals surface area (Å²) >= 11 is 0. The summed E-state index contributed by atoms with van der Waals surface area (Å²) in [5.74, 6) is 2.86. The fourth-order valence-electron chi connectivity index (χ4n) is 14.3. The van der Waals surface area contributed by atoms with E-state index in [0.29, 0.717) is 60.6 Å². The lowest BCUT2D eigenvalue weighted by atomic mass is 9.43. The van der Waals surface area contributed by atoms with E-state index in [1.807, 2.05) is 6.92 Å². The number of hydrogen-bond acceptors (Lipinski definition) is 8. The maximum absolute atomic E-state index is 11.5. The molecule has 0 radical (unpaired) electrons. The normalized spacial score (nSPS) is 54.5. The van der Waals surface area contributed by atoms with Gasteiger partial charge < -0.3 is 29.2 Å². The smallest absolute Gasteiger partial charge is 0.303 e. The van der Waals surface area contributed by atoms with Gasteiger partial charge in [-0.3, -0.25) is 4.79 Å². The molecule has 9 unspecified atom stereocenters. The van der Waals surface area contributed by atoms with Gasteiger partial charge in [-0.25, -0.2) is 9.78 Å². The Labute approximate surface area is 300 Å². The van der Waals surface area contributed by atoms with Crippen molar-refractivity contribution in [2.75, 3.05) is 13.2 Å². The molecule has 284 valence electrons. The molecule has 9 aliphatic rings. The summed E-state index contributed by atoms with van der Waals surface area (Å²) in [6.45, 7) is 14.9. The maximum Gasteiger partial charge on any atom is 0.303 e. The minimum atomic E-state index is -0.799. The molecule has 0 aromatic heterocycles. The van der Waals surface area contributed by atoms with E-state index >= 15 is 0 Å². The second-order valence-corrected chi connectivity index (χ2v) is 19.3. The van der Waals surface area contributed by atoms with E-state index < -0.39 is 29.9 Å². The second-order valence-electron chi connectivity index (χ2n) is 19.3. The van der Waals surface area contributed by atoms with Crippen LogP contribution in [0.5, 0.6) is 0 Å². The first-order chi connectivity index (χ1) is 23.8. The highest BCUT2D eigenvalue weighted by Crippen LogP contribution is 2.69. The molecule has 0 amide bonds. The first-order valence-corrected chi connectivity index (χ1v) is 20.6. The third-order valence-electron chi connectivity index (χ3n) is 17.0. The predicted octanol–water partition coefficient (Wildman–Crippen LogP) is 7.73. The Morgan fingerprint density at radius 1 is 0.840 bits per heavy atom. The zero-order chi connectivity index (χ0) is 35.2. The molecule has 1 spiro atoms. The third-order valence-corrected chi connectivity index (χ3v) is 17.0. The van der Waals surface area contributed by atoms with Gasteiger partial charge in [-0.05, 0) is 142 Å². The largest absolute Gasteiger partial charge is 0.481 e. The van der Waals surface area contributed by atoms with Crippen molar-refractivity contribution in [2.24, 2.45) is 70.0 Å². The van der Waals surface area contributed by atoms with Gasteiger partial charge in [0.2, 0.25) is 5.79 Å². The van der Waals surface area contributed by atoms with Crippen LogP contribution in [0.2, 0.25) is 0 Å². The molecule has 9 heteroatoms. The van der Waals surface area contributed by atoms with Crippen molar-refractivity contribution < 1.29 is 43.7 Å². The lowest BCUT2D eigenvalue weighted by Gasteiger charge is -2.63. The highest BCUT2D eigenvalue weighted by Gasteiger charge is 2.70. The number of rotatable bonds is 9. The van der Waals surface area contributed by atoms with Crippen LogP contribution in [0.15, 0.2) is 0 Å². The molecule has 5 aliphatic carbocycles. The van der Waals surface area contributed by atoms with Crippen LogP contribution in [0.1, 0.15) is 131 Å². The number of carboxylic acid groups (broad SMARTS) is 1. The van der Waals surface area contributed by atoms with Crippen LogP contribution in [-0.4, -0.2) is 65.6 Å².